The molecule has 0 aliphatic carbocycles. The van der Waals surface area contributed by atoms with E-state index < -0.39 is 17.9 Å². The van der Waals surface area contributed by atoms with Crippen LogP contribution in [0.3, 0.4) is 0 Å². The first-order chi connectivity index (χ1) is 9.99. The molecule has 114 valence electrons. The lowest BCUT2D eigenvalue weighted by atomic mass is 10.1. The third kappa shape index (κ3) is 7.22. The first-order valence-corrected chi connectivity index (χ1v) is 6.69. The molecule has 0 spiro atoms. The van der Waals surface area contributed by atoms with Gasteiger partial charge in [0.15, 0.2) is 0 Å². The van der Waals surface area contributed by atoms with Gasteiger partial charge in [0.1, 0.15) is 18.4 Å². The van der Waals surface area contributed by atoms with E-state index in [2.05, 4.69) is 5.32 Å². The molecule has 0 heterocycles. The zero-order chi connectivity index (χ0) is 15.7. The molecule has 0 aliphatic rings. The second-order valence-electron chi connectivity index (χ2n) is 4.74. The van der Waals surface area contributed by atoms with Crippen molar-refractivity contribution >= 4 is 17.6 Å². The maximum absolute atomic E-state index is 11.7. The Hall–Kier alpha value is -2.21. The van der Waals surface area contributed by atoms with E-state index in [0.717, 1.165) is 5.56 Å². The molecule has 2 amide bonds. The van der Waals surface area contributed by atoms with Crippen LogP contribution in [0.1, 0.15) is 25.3 Å². The highest BCUT2D eigenvalue weighted by atomic mass is 16.5. The Morgan fingerprint density at radius 2 is 1.90 bits per heavy atom. The summed E-state index contributed by atoms with van der Waals surface area (Å²) in [4.78, 5) is 33.8. The fourth-order valence-corrected chi connectivity index (χ4v) is 1.70. The molecule has 6 nitrogen and oxygen atoms in total. The van der Waals surface area contributed by atoms with Crippen LogP contribution in [0.25, 0.3) is 0 Å². The Labute approximate surface area is 123 Å². The molecular formula is C15H20N2O4. The smallest absolute Gasteiger partial charge is 0.246 e. The van der Waals surface area contributed by atoms with Crippen molar-refractivity contribution in [1.82, 2.24) is 5.32 Å². The van der Waals surface area contributed by atoms with Crippen LogP contribution < -0.4 is 11.1 Å². The van der Waals surface area contributed by atoms with Gasteiger partial charge in [0, 0.05) is 6.42 Å². The number of amides is 2. The largest absolute Gasteiger partial charge is 0.368 e. The number of rotatable bonds is 9. The zero-order valence-electron chi connectivity index (χ0n) is 12.0. The number of ether oxygens (including phenoxy) is 1. The quantitative estimate of drug-likeness (QED) is 0.694. The molecule has 1 rings (SSSR count). The van der Waals surface area contributed by atoms with Crippen LogP contribution >= 0.6 is 0 Å². The second-order valence-corrected chi connectivity index (χ2v) is 4.74. The van der Waals surface area contributed by atoms with Gasteiger partial charge in [-0.15, -0.1) is 0 Å². The van der Waals surface area contributed by atoms with Gasteiger partial charge < -0.3 is 20.6 Å². The summed E-state index contributed by atoms with van der Waals surface area (Å²) in [6, 6.07) is 8.57. The average Bonchev–Trinajstić information content (AvgIpc) is 2.44. The van der Waals surface area contributed by atoms with Gasteiger partial charge in [-0.2, -0.15) is 0 Å². The fraction of sp³-hybridized carbons (Fsp3) is 0.400. The molecule has 0 unspecified atom stereocenters. The minimum absolute atomic E-state index is 0.0594. The van der Waals surface area contributed by atoms with E-state index in [4.69, 9.17) is 10.5 Å². The van der Waals surface area contributed by atoms with Gasteiger partial charge in [-0.1, -0.05) is 30.3 Å². The highest BCUT2D eigenvalue weighted by Gasteiger charge is 2.18. The third-order valence-electron chi connectivity index (χ3n) is 2.81. The lowest BCUT2D eigenvalue weighted by molar-refractivity contribution is -0.131. The first kappa shape index (κ1) is 16.8. The van der Waals surface area contributed by atoms with E-state index in [1.54, 1.807) is 0 Å². The summed E-state index contributed by atoms with van der Waals surface area (Å²) >= 11 is 0. The lowest BCUT2D eigenvalue weighted by Gasteiger charge is -2.14. The van der Waals surface area contributed by atoms with Crippen LogP contribution in [0.2, 0.25) is 0 Å². The van der Waals surface area contributed by atoms with E-state index >= 15 is 0 Å². The number of carbonyl (C=O) groups excluding carboxylic acids is 3. The van der Waals surface area contributed by atoms with Crippen LogP contribution in [-0.2, 0) is 25.7 Å². The minimum Gasteiger partial charge on any atom is -0.368 e. The molecule has 0 bridgehead atoms. The maximum Gasteiger partial charge on any atom is 0.246 e. The van der Waals surface area contributed by atoms with Gasteiger partial charge >= 0.3 is 0 Å². The molecule has 0 saturated carbocycles. The molecule has 0 saturated heterocycles. The van der Waals surface area contributed by atoms with E-state index in [1.807, 2.05) is 30.3 Å². The summed E-state index contributed by atoms with van der Waals surface area (Å²) in [5.74, 6) is -1.15. The molecule has 1 aromatic rings. The Kier molecular flexibility index (Phi) is 7.11. The second kappa shape index (κ2) is 8.86. The summed E-state index contributed by atoms with van der Waals surface area (Å²) in [5, 5.41) is 2.47. The lowest BCUT2D eigenvalue weighted by Crippen LogP contribution is -2.45. The molecule has 0 aliphatic heterocycles. The Bertz CT molecular complexity index is 488. The van der Waals surface area contributed by atoms with Crippen LogP contribution in [0.4, 0.5) is 0 Å². The van der Waals surface area contributed by atoms with Crippen LogP contribution in [0, 0.1) is 0 Å². The van der Waals surface area contributed by atoms with Crippen molar-refractivity contribution in [3.8, 4) is 0 Å². The number of hydrogen-bond donors (Lipinski definition) is 2. The van der Waals surface area contributed by atoms with E-state index in [1.165, 1.54) is 6.92 Å². The third-order valence-corrected chi connectivity index (χ3v) is 2.81. The Balaban J connectivity index is 2.33. The summed E-state index contributed by atoms with van der Waals surface area (Å²) in [6.45, 7) is 1.56. The highest BCUT2D eigenvalue weighted by molar-refractivity contribution is 5.87. The number of primary amides is 1. The van der Waals surface area contributed by atoms with E-state index in [0.29, 0.717) is 6.61 Å². The van der Waals surface area contributed by atoms with Crippen molar-refractivity contribution in [2.75, 3.05) is 6.61 Å². The van der Waals surface area contributed by atoms with Crippen molar-refractivity contribution in [2.45, 2.75) is 32.4 Å². The summed E-state index contributed by atoms with van der Waals surface area (Å²) in [7, 11) is 0. The molecule has 1 atom stereocenters. The predicted octanol–water partition coefficient (Wildman–Crippen LogP) is 0.542. The molecular weight excluding hydrogens is 272 g/mol. The number of Topliss-reactive ketones (excluding diaryl/α,β-unsaturated/α-hetero) is 1. The maximum atomic E-state index is 11.7. The SMILES string of the molecule is CC(=O)CC[C@H](NC(=O)COCc1ccccc1)C(N)=O. The number of hydrogen-bond acceptors (Lipinski definition) is 4. The highest BCUT2D eigenvalue weighted by Crippen LogP contribution is 2.01. The summed E-state index contributed by atoms with van der Waals surface area (Å²) in [5.41, 5.74) is 6.14. The molecule has 3 N–H and O–H groups in total. The molecule has 0 radical (unpaired) electrons. The van der Waals surface area contributed by atoms with Crippen molar-refractivity contribution in [3.63, 3.8) is 0 Å². The van der Waals surface area contributed by atoms with Crippen molar-refractivity contribution in [2.24, 2.45) is 5.73 Å². The molecule has 0 fully saturated rings. The van der Waals surface area contributed by atoms with Crippen LogP contribution in [0.5, 0.6) is 0 Å². The zero-order valence-corrected chi connectivity index (χ0v) is 12.0. The monoisotopic (exact) mass is 292 g/mol. The van der Waals surface area contributed by atoms with Gasteiger partial charge in [0.2, 0.25) is 11.8 Å². The number of ketones is 1. The van der Waals surface area contributed by atoms with Crippen molar-refractivity contribution in [1.29, 1.82) is 0 Å². The molecule has 0 aromatic heterocycles. The van der Waals surface area contributed by atoms with Crippen LogP contribution in [0.15, 0.2) is 30.3 Å². The predicted molar refractivity (Wildman–Crippen MR) is 77.1 cm³/mol. The van der Waals surface area contributed by atoms with Gasteiger partial charge in [0.05, 0.1) is 6.61 Å². The van der Waals surface area contributed by atoms with Gasteiger partial charge in [-0.3, -0.25) is 9.59 Å². The Morgan fingerprint density at radius 1 is 1.24 bits per heavy atom. The number of benzene rings is 1. The average molecular weight is 292 g/mol. The van der Waals surface area contributed by atoms with Gasteiger partial charge in [-0.25, -0.2) is 0 Å². The van der Waals surface area contributed by atoms with E-state index in [-0.39, 0.29) is 25.2 Å². The number of nitrogens with two attached hydrogens (primary N) is 1. The number of carbonyl (C=O) groups is 3. The summed E-state index contributed by atoms with van der Waals surface area (Å²) < 4.78 is 5.26. The topological polar surface area (TPSA) is 98.5 Å². The standard InChI is InChI=1S/C15H20N2O4/c1-11(18)7-8-13(15(16)20)17-14(19)10-21-9-12-5-3-2-4-6-12/h2-6,13H,7-10H2,1H3,(H2,16,20)(H,17,19)/t13-/m0/s1. The van der Waals surface area contributed by atoms with Crippen molar-refractivity contribution < 1.29 is 19.1 Å². The summed E-state index contributed by atoms with van der Waals surface area (Å²) in [6.07, 6.45) is 0.397. The Morgan fingerprint density at radius 3 is 2.48 bits per heavy atom. The molecule has 6 heteroatoms. The molecule has 21 heavy (non-hydrogen) atoms. The van der Waals surface area contributed by atoms with E-state index in [9.17, 15) is 14.4 Å². The van der Waals surface area contributed by atoms with Crippen molar-refractivity contribution in [3.05, 3.63) is 35.9 Å². The minimum atomic E-state index is -0.846. The van der Waals surface area contributed by atoms with Gasteiger partial charge in [0.25, 0.3) is 0 Å². The normalized spacial score (nSPS) is 11.7. The van der Waals surface area contributed by atoms with Crippen LogP contribution in [-0.4, -0.2) is 30.2 Å². The van der Waals surface area contributed by atoms with Gasteiger partial charge in [-0.05, 0) is 18.9 Å². The fourth-order valence-electron chi connectivity index (χ4n) is 1.70. The molecule has 1 aromatic carbocycles. The first-order valence-electron chi connectivity index (χ1n) is 6.69. The number of nitrogens with one attached hydrogen (secondary N) is 1.